The van der Waals surface area contributed by atoms with Gasteiger partial charge < -0.3 is 19.4 Å². The van der Waals surface area contributed by atoms with Crippen LogP contribution in [-0.2, 0) is 16.0 Å². The van der Waals surface area contributed by atoms with E-state index in [-0.39, 0.29) is 22.9 Å². The number of rotatable bonds is 4. The first-order chi connectivity index (χ1) is 14.1. The molecule has 3 heterocycles. The largest absolute Gasteiger partial charge is 0.378 e. The van der Waals surface area contributed by atoms with Gasteiger partial charge in [0.05, 0.1) is 19.6 Å². The molecular weight excluding hydrogens is 397 g/mol. The fraction of sp³-hybridized carbons (Fsp3) is 0.450. The topological polar surface area (TPSA) is 61.8 Å². The zero-order valence-corrected chi connectivity index (χ0v) is 16.8. The van der Waals surface area contributed by atoms with Gasteiger partial charge in [-0.05, 0) is 12.1 Å². The minimum Gasteiger partial charge on any atom is -0.378 e. The molecule has 0 radical (unpaired) electrons. The molecule has 4 rings (SSSR count). The maximum Gasteiger partial charge on any atom is 0.227 e. The molecule has 1 aromatic heterocycles. The van der Waals surface area contributed by atoms with Crippen molar-refractivity contribution in [3.63, 3.8) is 0 Å². The van der Waals surface area contributed by atoms with Crippen LogP contribution in [0.4, 0.5) is 16.0 Å². The first kappa shape index (κ1) is 19.8. The summed E-state index contributed by atoms with van der Waals surface area (Å²) < 4.78 is 19.4. The van der Waals surface area contributed by atoms with Crippen LogP contribution in [0.15, 0.2) is 30.6 Å². The van der Waals surface area contributed by atoms with Gasteiger partial charge in [-0.3, -0.25) is 4.79 Å². The van der Waals surface area contributed by atoms with Gasteiger partial charge in [0.2, 0.25) is 5.91 Å². The van der Waals surface area contributed by atoms with Crippen LogP contribution in [0.2, 0.25) is 5.02 Å². The number of hydrogen-bond donors (Lipinski definition) is 0. The highest BCUT2D eigenvalue weighted by molar-refractivity contribution is 6.31. The van der Waals surface area contributed by atoms with Crippen molar-refractivity contribution in [1.82, 2.24) is 14.9 Å². The van der Waals surface area contributed by atoms with Gasteiger partial charge in [0.1, 0.15) is 23.8 Å². The number of morpholine rings is 1. The number of anilines is 2. The van der Waals surface area contributed by atoms with E-state index in [4.69, 9.17) is 16.3 Å². The van der Waals surface area contributed by atoms with Crippen LogP contribution in [0.1, 0.15) is 5.56 Å². The normalized spacial score (nSPS) is 17.5. The fourth-order valence-electron chi connectivity index (χ4n) is 3.62. The van der Waals surface area contributed by atoms with E-state index in [1.807, 2.05) is 6.07 Å². The summed E-state index contributed by atoms with van der Waals surface area (Å²) in [7, 11) is 0. The Morgan fingerprint density at radius 3 is 2.34 bits per heavy atom. The van der Waals surface area contributed by atoms with Gasteiger partial charge in [-0.1, -0.05) is 17.7 Å². The van der Waals surface area contributed by atoms with Gasteiger partial charge in [-0.25, -0.2) is 14.4 Å². The average Bonchev–Trinajstić information content (AvgIpc) is 2.77. The lowest BCUT2D eigenvalue weighted by Gasteiger charge is -2.36. The Hall–Kier alpha value is -2.45. The number of nitrogens with zero attached hydrogens (tertiary/aromatic N) is 5. The highest BCUT2D eigenvalue weighted by Gasteiger charge is 2.24. The number of hydrogen-bond acceptors (Lipinski definition) is 6. The second kappa shape index (κ2) is 8.92. The molecule has 0 saturated carbocycles. The van der Waals surface area contributed by atoms with E-state index < -0.39 is 5.82 Å². The summed E-state index contributed by atoms with van der Waals surface area (Å²) in [6, 6.07) is 6.46. The van der Waals surface area contributed by atoms with E-state index in [1.54, 1.807) is 17.3 Å². The van der Waals surface area contributed by atoms with Crippen LogP contribution in [0.5, 0.6) is 0 Å². The Kier molecular flexibility index (Phi) is 6.10. The quantitative estimate of drug-likeness (QED) is 0.755. The Morgan fingerprint density at radius 2 is 1.69 bits per heavy atom. The Morgan fingerprint density at radius 1 is 1.03 bits per heavy atom. The highest BCUT2D eigenvalue weighted by Crippen LogP contribution is 2.22. The number of amides is 1. The van der Waals surface area contributed by atoms with E-state index in [9.17, 15) is 9.18 Å². The Labute approximate surface area is 174 Å². The van der Waals surface area contributed by atoms with Gasteiger partial charge in [0, 0.05) is 55.9 Å². The molecule has 0 bridgehead atoms. The summed E-state index contributed by atoms with van der Waals surface area (Å²) in [6.07, 6.45) is 1.55. The van der Waals surface area contributed by atoms with Gasteiger partial charge in [0.25, 0.3) is 0 Å². The zero-order chi connectivity index (χ0) is 20.2. The smallest absolute Gasteiger partial charge is 0.227 e. The molecule has 154 valence electrons. The fourth-order valence-corrected chi connectivity index (χ4v) is 3.85. The first-order valence-electron chi connectivity index (χ1n) is 9.72. The molecular formula is C20H23ClFN5O2. The van der Waals surface area contributed by atoms with Gasteiger partial charge in [0.15, 0.2) is 0 Å². The van der Waals surface area contributed by atoms with Crippen LogP contribution in [0.25, 0.3) is 0 Å². The molecule has 1 amide bonds. The van der Waals surface area contributed by atoms with Gasteiger partial charge in [-0.15, -0.1) is 0 Å². The molecule has 2 saturated heterocycles. The van der Waals surface area contributed by atoms with E-state index in [0.29, 0.717) is 39.4 Å². The van der Waals surface area contributed by atoms with Crippen molar-refractivity contribution in [2.24, 2.45) is 0 Å². The monoisotopic (exact) mass is 419 g/mol. The summed E-state index contributed by atoms with van der Waals surface area (Å²) in [5.41, 5.74) is 0.257. The van der Waals surface area contributed by atoms with Crippen molar-refractivity contribution >= 4 is 29.1 Å². The third-order valence-corrected chi connectivity index (χ3v) is 5.67. The second-order valence-corrected chi connectivity index (χ2v) is 7.49. The minimum atomic E-state index is -0.443. The van der Waals surface area contributed by atoms with Gasteiger partial charge in [-0.2, -0.15) is 0 Å². The zero-order valence-electron chi connectivity index (χ0n) is 16.1. The van der Waals surface area contributed by atoms with Gasteiger partial charge >= 0.3 is 0 Å². The molecule has 2 aromatic rings. The van der Waals surface area contributed by atoms with Crippen LogP contribution in [0, 0.1) is 5.82 Å². The molecule has 0 atom stereocenters. The maximum absolute atomic E-state index is 14.0. The molecule has 2 aliphatic heterocycles. The molecule has 0 unspecified atom stereocenters. The van der Waals surface area contributed by atoms with Crippen molar-refractivity contribution in [3.8, 4) is 0 Å². The summed E-state index contributed by atoms with van der Waals surface area (Å²) in [4.78, 5) is 27.5. The number of carbonyl (C=O) groups is 1. The highest BCUT2D eigenvalue weighted by atomic mass is 35.5. The van der Waals surface area contributed by atoms with Crippen molar-refractivity contribution in [2.45, 2.75) is 6.42 Å². The second-order valence-electron chi connectivity index (χ2n) is 7.08. The standard InChI is InChI=1S/C20H23ClFN5O2/c21-16-2-1-3-17(22)15(16)12-20(28)27-6-4-25(5-7-27)18-13-19(24-14-23-18)26-8-10-29-11-9-26/h1-3,13-14H,4-12H2. The molecule has 29 heavy (non-hydrogen) atoms. The van der Waals surface area contributed by atoms with Crippen LogP contribution in [-0.4, -0.2) is 73.3 Å². The predicted molar refractivity (Wildman–Crippen MR) is 109 cm³/mol. The minimum absolute atomic E-state index is 0.0276. The SMILES string of the molecule is O=C(Cc1c(F)cccc1Cl)N1CCN(c2cc(N3CCOCC3)ncn2)CC1. The number of benzene rings is 1. The summed E-state index contributed by atoms with van der Waals surface area (Å²) in [5.74, 6) is 1.19. The molecule has 2 aliphatic rings. The molecule has 9 heteroatoms. The number of ether oxygens (including phenoxy) is 1. The number of piperazine rings is 1. The first-order valence-corrected chi connectivity index (χ1v) is 10.1. The average molecular weight is 420 g/mol. The molecule has 7 nitrogen and oxygen atoms in total. The van der Waals surface area contributed by atoms with E-state index in [0.717, 1.165) is 24.7 Å². The molecule has 0 spiro atoms. The van der Waals surface area contributed by atoms with Crippen LogP contribution in [0.3, 0.4) is 0 Å². The van der Waals surface area contributed by atoms with E-state index in [1.165, 1.54) is 12.1 Å². The lowest BCUT2D eigenvalue weighted by Crippen LogP contribution is -2.49. The lowest BCUT2D eigenvalue weighted by molar-refractivity contribution is -0.130. The van der Waals surface area contributed by atoms with Crippen molar-refractivity contribution in [3.05, 3.63) is 47.0 Å². The van der Waals surface area contributed by atoms with Crippen LogP contribution < -0.4 is 9.80 Å². The summed E-state index contributed by atoms with van der Waals surface area (Å²) >= 11 is 6.05. The number of aromatic nitrogens is 2. The van der Waals surface area contributed by atoms with Crippen molar-refractivity contribution < 1.29 is 13.9 Å². The molecule has 1 aromatic carbocycles. The summed E-state index contributed by atoms with van der Waals surface area (Å²) in [6.45, 7) is 5.48. The summed E-state index contributed by atoms with van der Waals surface area (Å²) in [5, 5.41) is 0.286. The van der Waals surface area contributed by atoms with E-state index in [2.05, 4.69) is 19.8 Å². The number of halogens is 2. The van der Waals surface area contributed by atoms with E-state index >= 15 is 0 Å². The molecule has 0 N–H and O–H groups in total. The third kappa shape index (κ3) is 4.59. The Bertz CT molecular complexity index is 849. The van der Waals surface area contributed by atoms with Crippen molar-refractivity contribution in [2.75, 3.05) is 62.3 Å². The molecule has 0 aliphatic carbocycles. The third-order valence-electron chi connectivity index (χ3n) is 5.32. The Balaban J connectivity index is 1.36. The van der Waals surface area contributed by atoms with Crippen LogP contribution >= 0.6 is 11.6 Å². The lowest BCUT2D eigenvalue weighted by atomic mass is 10.1. The predicted octanol–water partition coefficient (Wildman–Crippen LogP) is 2.00. The maximum atomic E-state index is 14.0. The molecule has 2 fully saturated rings. The van der Waals surface area contributed by atoms with Crippen molar-refractivity contribution in [1.29, 1.82) is 0 Å². The number of carbonyl (C=O) groups excluding carboxylic acids is 1.